The molecule has 9 heteroatoms. The van der Waals surface area contributed by atoms with Crippen molar-refractivity contribution in [1.29, 1.82) is 0 Å². The standard InChI is InChI=1S/C19H20FN5O2S/c1-23-6-10-4-9(23)7-24(10)12-5-11-13(8-2-3-8)16-14(18(26)22-28-16)19(27)25(11)17(21)15(12)20/h5,8-10H,2-4,6-7,21H2,1H3,(H,22,26). The van der Waals surface area contributed by atoms with Gasteiger partial charge in [-0.25, -0.2) is 4.39 Å². The van der Waals surface area contributed by atoms with Crippen molar-refractivity contribution in [2.45, 2.75) is 37.3 Å². The molecule has 0 spiro atoms. The summed E-state index contributed by atoms with van der Waals surface area (Å²) >= 11 is 1.19. The zero-order valence-corrected chi connectivity index (χ0v) is 16.2. The highest BCUT2D eigenvalue weighted by Gasteiger charge is 2.43. The molecule has 2 saturated heterocycles. The SMILES string of the molecule is CN1CC2CC1CN2c1cc2c(C3CC3)c3s[nH]c(=O)c3c(=O)n2c(N)c1F. The molecule has 2 aliphatic heterocycles. The van der Waals surface area contributed by atoms with Gasteiger partial charge in [-0.15, -0.1) is 0 Å². The summed E-state index contributed by atoms with van der Waals surface area (Å²) in [7, 11) is 2.10. The highest BCUT2D eigenvalue weighted by Crippen LogP contribution is 2.46. The molecule has 146 valence electrons. The van der Waals surface area contributed by atoms with Gasteiger partial charge in [-0.2, -0.15) is 0 Å². The van der Waals surface area contributed by atoms with E-state index in [0.717, 1.165) is 37.9 Å². The smallest absolute Gasteiger partial charge is 0.271 e. The zero-order chi connectivity index (χ0) is 19.3. The van der Waals surface area contributed by atoms with Crippen LogP contribution in [0.1, 0.15) is 30.7 Å². The molecule has 0 amide bonds. The fraction of sp³-hybridized carbons (Fsp3) is 0.474. The number of rotatable bonds is 2. The molecule has 0 radical (unpaired) electrons. The van der Waals surface area contributed by atoms with Crippen LogP contribution in [0.2, 0.25) is 0 Å². The van der Waals surface area contributed by atoms with E-state index in [1.807, 2.05) is 0 Å². The molecule has 0 aromatic carbocycles. The minimum Gasteiger partial charge on any atom is -0.382 e. The topological polar surface area (TPSA) is 86.8 Å². The fourth-order valence-corrected chi connectivity index (χ4v) is 6.04. The fourth-order valence-electron chi connectivity index (χ4n) is 5.08. The van der Waals surface area contributed by atoms with Gasteiger partial charge in [0.1, 0.15) is 11.2 Å². The number of aromatic nitrogens is 2. The predicted octanol–water partition coefficient (Wildman–Crippen LogP) is 1.69. The van der Waals surface area contributed by atoms with Gasteiger partial charge in [0, 0.05) is 25.2 Å². The summed E-state index contributed by atoms with van der Waals surface area (Å²) in [5, 5.41) is 0.0881. The number of nitrogen functional groups attached to an aromatic ring is 1. The van der Waals surface area contributed by atoms with Gasteiger partial charge in [-0.05, 0) is 43.9 Å². The van der Waals surface area contributed by atoms with E-state index in [-0.39, 0.29) is 23.2 Å². The number of nitrogens with two attached hydrogens (primary N) is 1. The number of likely N-dealkylation sites (tertiary alicyclic amines) is 1. The van der Waals surface area contributed by atoms with Gasteiger partial charge < -0.3 is 10.6 Å². The minimum absolute atomic E-state index is 0.0881. The Morgan fingerprint density at radius 2 is 2.04 bits per heavy atom. The second kappa shape index (κ2) is 5.36. The van der Waals surface area contributed by atoms with E-state index in [1.165, 1.54) is 15.9 Å². The van der Waals surface area contributed by atoms with Gasteiger partial charge in [0.05, 0.1) is 15.9 Å². The highest BCUT2D eigenvalue weighted by atomic mass is 32.1. The first-order chi connectivity index (χ1) is 13.5. The van der Waals surface area contributed by atoms with E-state index in [1.54, 1.807) is 6.07 Å². The number of hydrogen-bond acceptors (Lipinski definition) is 6. The molecular formula is C19H20FN5O2S. The van der Waals surface area contributed by atoms with Gasteiger partial charge in [0.15, 0.2) is 5.82 Å². The Morgan fingerprint density at radius 1 is 1.25 bits per heavy atom. The van der Waals surface area contributed by atoms with Gasteiger partial charge in [0.2, 0.25) is 0 Å². The molecule has 2 unspecified atom stereocenters. The number of fused-ring (bicyclic) bond motifs is 4. The van der Waals surface area contributed by atoms with Crippen molar-refractivity contribution >= 4 is 38.6 Å². The van der Waals surface area contributed by atoms with Crippen LogP contribution in [-0.2, 0) is 0 Å². The molecule has 3 fully saturated rings. The van der Waals surface area contributed by atoms with Crippen molar-refractivity contribution in [2.24, 2.45) is 0 Å². The van der Waals surface area contributed by atoms with Crippen molar-refractivity contribution in [3.63, 3.8) is 0 Å². The molecular weight excluding hydrogens is 381 g/mol. The maximum atomic E-state index is 15.3. The summed E-state index contributed by atoms with van der Waals surface area (Å²) in [5.74, 6) is -0.496. The van der Waals surface area contributed by atoms with Crippen LogP contribution in [0.3, 0.4) is 0 Å². The summed E-state index contributed by atoms with van der Waals surface area (Å²) in [6, 6.07) is 2.46. The first-order valence-electron chi connectivity index (χ1n) is 9.60. The third kappa shape index (κ3) is 2.00. The number of nitrogens with one attached hydrogen (secondary N) is 1. The lowest BCUT2D eigenvalue weighted by atomic mass is 10.1. The Balaban J connectivity index is 1.68. The van der Waals surface area contributed by atoms with Crippen LogP contribution in [0.4, 0.5) is 15.9 Å². The van der Waals surface area contributed by atoms with Crippen LogP contribution < -0.4 is 21.8 Å². The van der Waals surface area contributed by atoms with Gasteiger partial charge in [0.25, 0.3) is 11.1 Å². The maximum Gasteiger partial charge on any atom is 0.271 e. The lowest BCUT2D eigenvalue weighted by molar-refractivity contribution is 0.292. The molecule has 3 aliphatic rings. The van der Waals surface area contributed by atoms with Gasteiger partial charge >= 0.3 is 0 Å². The van der Waals surface area contributed by atoms with Crippen LogP contribution in [0.25, 0.3) is 15.6 Å². The largest absolute Gasteiger partial charge is 0.382 e. The van der Waals surface area contributed by atoms with Crippen LogP contribution in [0.15, 0.2) is 15.7 Å². The summed E-state index contributed by atoms with van der Waals surface area (Å²) in [6.45, 7) is 1.66. The van der Waals surface area contributed by atoms with Crippen LogP contribution in [0.5, 0.6) is 0 Å². The number of pyridine rings is 2. The third-order valence-corrected chi connectivity index (χ3v) is 7.57. The number of anilines is 2. The number of likely N-dealkylation sites (N-methyl/N-ethyl adjacent to an activating group) is 1. The van der Waals surface area contributed by atoms with E-state index in [2.05, 4.69) is 21.2 Å². The molecule has 1 aliphatic carbocycles. The molecule has 6 rings (SSSR count). The van der Waals surface area contributed by atoms with Crippen LogP contribution in [0, 0.1) is 5.82 Å². The van der Waals surface area contributed by atoms with Crippen LogP contribution >= 0.6 is 11.5 Å². The first kappa shape index (κ1) is 16.6. The summed E-state index contributed by atoms with van der Waals surface area (Å²) in [4.78, 5) is 29.7. The Bertz CT molecular complexity index is 1270. The number of piperazine rings is 1. The Kier molecular flexibility index (Phi) is 3.17. The molecule has 2 bridgehead atoms. The highest BCUT2D eigenvalue weighted by molar-refractivity contribution is 7.13. The maximum absolute atomic E-state index is 15.3. The average molecular weight is 401 g/mol. The van der Waals surface area contributed by atoms with Crippen molar-refractivity contribution < 1.29 is 4.39 Å². The van der Waals surface area contributed by atoms with E-state index in [9.17, 15) is 9.59 Å². The van der Waals surface area contributed by atoms with E-state index in [4.69, 9.17) is 5.73 Å². The van der Waals surface area contributed by atoms with Crippen molar-refractivity contribution in [1.82, 2.24) is 13.7 Å². The van der Waals surface area contributed by atoms with Crippen LogP contribution in [-0.4, -0.2) is 45.9 Å². The van der Waals surface area contributed by atoms with E-state index >= 15 is 4.39 Å². The second-order valence-electron chi connectivity index (χ2n) is 8.32. The molecule has 5 heterocycles. The van der Waals surface area contributed by atoms with Gasteiger partial charge in [-0.3, -0.25) is 23.3 Å². The number of aromatic amines is 1. The quantitative estimate of drug-likeness (QED) is 0.683. The third-order valence-electron chi connectivity index (χ3n) is 6.65. The number of nitrogens with zero attached hydrogens (tertiary/aromatic N) is 3. The Labute approximate surface area is 163 Å². The number of hydrogen-bond donors (Lipinski definition) is 2. The molecule has 3 aromatic heterocycles. The summed E-state index contributed by atoms with van der Waals surface area (Å²) in [6.07, 6.45) is 3.02. The average Bonchev–Trinajstić information content (AvgIpc) is 3.15. The summed E-state index contributed by atoms with van der Waals surface area (Å²) < 4.78 is 19.9. The van der Waals surface area contributed by atoms with Gasteiger partial charge in [-0.1, -0.05) is 11.5 Å². The van der Waals surface area contributed by atoms with E-state index in [0.29, 0.717) is 21.9 Å². The van der Waals surface area contributed by atoms with E-state index < -0.39 is 16.9 Å². The molecule has 28 heavy (non-hydrogen) atoms. The van der Waals surface area contributed by atoms with Crippen molar-refractivity contribution in [3.8, 4) is 0 Å². The lowest BCUT2D eigenvalue weighted by Crippen LogP contribution is -2.45. The molecule has 3 aromatic rings. The van der Waals surface area contributed by atoms with Crippen molar-refractivity contribution in [3.05, 3.63) is 38.2 Å². The Hall–Kier alpha value is -2.39. The second-order valence-corrected chi connectivity index (χ2v) is 9.13. The Morgan fingerprint density at radius 3 is 2.68 bits per heavy atom. The molecule has 3 N–H and O–H groups in total. The summed E-state index contributed by atoms with van der Waals surface area (Å²) in [5.41, 5.74) is 7.25. The first-order valence-corrected chi connectivity index (χ1v) is 10.4. The monoisotopic (exact) mass is 401 g/mol. The number of H-pyrrole nitrogens is 1. The molecule has 2 atom stereocenters. The van der Waals surface area contributed by atoms with Crippen molar-refractivity contribution in [2.75, 3.05) is 30.8 Å². The zero-order valence-electron chi connectivity index (χ0n) is 15.4. The normalized spacial score (nSPS) is 24.9. The predicted molar refractivity (Wildman–Crippen MR) is 108 cm³/mol. The minimum atomic E-state index is -0.572. The molecule has 7 nitrogen and oxygen atoms in total. The lowest BCUT2D eigenvalue weighted by Gasteiger charge is -2.34. The number of halogens is 1. The molecule has 1 saturated carbocycles.